The van der Waals surface area contributed by atoms with Crippen molar-refractivity contribution >= 4 is 46.9 Å². The van der Waals surface area contributed by atoms with Crippen LogP contribution in [0.3, 0.4) is 0 Å². The third-order valence-corrected chi connectivity index (χ3v) is 5.67. The molecule has 30 heavy (non-hydrogen) atoms. The molecule has 0 bridgehead atoms. The van der Waals surface area contributed by atoms with E-state index in [9.17, 15) is 14.4 Å². The standard InChI is InChI=1S/C19H21ClN2O7S/c1-10(23)26-15-9-30-19(17(28-12(3)25)16(15)27-11(2)24)29-14-5-4-6-22-8-13(7-20)21-18(14)22/h4-6,8,15-17,19H,7,9H2,1-3H3/t15-,16+,17-,19-/m1/s1. The molecule has 3 heterocycles. The smallest absolute Gasteiger partial charge is 0.303 e. The minimum Gasteiger partial charge on any atom is -0.472 e. The van der Waals surface area contributed by atoms with Crippen molar-refractivity contribution in [3.63, 3.8) is 0 Å². The highest BCUT2D eigenvalue weighted by Crippen LogP contribution is 2.35. The van der Waals surface area contributed by atoms with Gasteiger partial charge in [0.25, 0.3) is 0 Å². The first-order valence-electron chi connectivity index (χ1n) is 9.11. The van der Waals surface area contributed by atoms with E-state index in [2.05, 4.69) is 4.98 Å². The lowest BCUT2D eigenvalue weighted by Gasteiger charge is -2.39. The Labute approximate surface area is 182 Å². The maximum absolute atomic E-state index is 11.8. The van der Waals surface area contributed by atoms with Gasteiger partial charge in [-0.1, -0.05) is 0 Å². The molecule has 162 valence electrons. The molecule has 1 aliphatic heterocycles. The summed E-state index contributed by atoms with van der Waals surface area (Å²) in [6, 6.07) is 3.51. The maximum atomic E-state index is 11.8. The second-order valence-corrected chi connectivity index (χ2v) is 7.98. The number of rotatable bonds is 6. The fourth-order valence-corrected chi connectivity index (χ4v) is 4.47. The highest BCUT2D eigenvalue weighted by Gasteiger charge is 2.47. The molecule has 0 unspecified atom stereocenters. The summed E-state index contributed by atoms with van der Waals surface area (Å²) in [5, 5.41) is 0. The summed E-state index contributed by atoms with van der Waals surface area (Å²) in [6.45, 7) is 3.72. The average Bonchev–Trinajstić information content (AvgIpc) is 3.09. The molecule has 0 aromatic carbocycles. The molecule has 3 rings (SSSR count). The lowest BCUT2D eigenvalue weighted by Crippen LogP contribution is -2.55. The molecule has 11 heteroatoms. The molecular formula is C19H21ClN2O7S. The van der Waals surface area contributed by atoms with E-state index in [0.717, 1.165) is 0 Å². The van der Waals surface area contributed by atoms with Gasteiger partial charge in [0.05, 0.1) is 11.6 Å². The number of fused-ring (bicyclic) bond motifs is 1. The van der Waals surface area contributed by atoms with Gasteiger partial charge in [-0.2, -0.15) is 0 Å². The summed E-state index contributed by atoms with van der Waals surface area (Å²) < 4.78 is 24.0. The molecule has 2 aromatic rings. The van der Waals surface area contributed by atoms with Crippen molar-refractivity contribution in [3.8, 4) is 5.75 Å². The molecule has 1 saturated heterocycles. The summed E-state index contributed by atoms with van der Waals surface area (Å²) in [6.07, 6.45) is 0.786. The van der Waals surface area contributed by atoms with E-state index in [1.165, 1.54) is 32.5 Å². The van der Waals surface area contributed by atoms with Gasteiger partial charge in [0, 0.05) is 38.9 Å². The molecule has 1 aliphatic rings. The quantitative estimate of drug-likeness (QED) is 0.367. The van der Waals surface area contributed by atoms with E-state index in [1.807, 2.05) is 0 Å². The second-order valence-electron chi connectivity index (χ2n) is 6.58. The Morgan fingerprint density at radius 1 is 1.13 bits per heavy atom. The normalized spacial score (nSPS) is 23.6. The third-order valence-electron chi connectivity index (χ3n) is 4.18. The molecule has 9 nitrogen and oxygen atoms in total. The first-order chi connectivity index (χ1) is 14.3. The van der Waals surface area contributed by atoms with Crippen LogP contribution < -0.4 is 4.74 Å². The third kappa shape index (κ3) is 5.17. The van der Waals surface area contributed by atoms with Gasteiger partial charge in [-0.25, -0.2) is 4.98 Å². The van der Waals surface area contributed by atoms with Crippen LogP contribution in [0.25, 0.3) is 5.65 Å². The summed E-state index contributed by atoms with van der Waals surface area (Å²) in [7, 11) is 0. The van der Waals surface area contributed by atoms with E-state index in [-0.39, 0.29) is 11.6 Å². The van der Waals surface area contributed by atoms with Gasteiger partial charge in [0.1, 0.15) is 0 Å². The van der Waals surface area contributed by atoms with Crippen molar-refractivity contribution < 1.29 is 33.3 Å². The fraction of sp³-hybridized carbons (Fsp3) is 0.474. The van der Waals surface area contributed by atoms with Crippen LogP contribution in [-0.4, -0.2) is 56.8 Å². The SMILES string of the molecule is CC(=O)O[C@@H]1[C@@H](OC(C)=O)[C@H](OC(C)=O)CS[C@H]1Oc1cccn2cc(CCl)nc12. The number of nitrogens with zero attached hydrogens (tertiary/aromatic N) is 2. The second kappa shape index (κ2) is 9.57. The predicted octanol–water partition coefficient (Wildman–Crippen LogP) is 2.32. The number of halogens is 1. The zero-order chi connectivity index (χ0) is 21.8. The van der Waals surface area contributed by atoms with Gasteiger partial charge in [-0.3, -0.25) is 14.4 Å². The Balaban J connectivity index is 1.92. The van der Waals surface area contributed by atoms with Crippen molar-refractivity contribution in [2.24, 2.45) is 0 Å². The van der Waals surface area contributed by atoms with E-state index >= 15 is 0 Å². The molecule has 0 aliphatic carbocycles. The van der Waals surface area contributed by atoms with Crippen LogP contribution in [0.5, 0.6) is 5.75 Å². The van der Waals surface area contributed by atoms with Crippen molar-refractivity contribution in [1.29, 1.82) is 0 Å². The Kier molecular flexibility index (Phi) is 7.09. The largest absolute Gasteiger partial charge is 0.472 e. The number of pyridine rings is 1. The first kappa shape index (κ1) is 22.2. The number of ether oxygens (including phenoxy) is 4. The minimum atomic E-state index is -1.01. The van der Waals surface area contributed by atoms with Crippen molar-refractivity contribution in [2.45, 2.75) is 50.4 Å². The molecule has 0 N–H and O–H groups in total. The molecule has 2 aromatic heterocycles. The van der Waals surface area contributed by atoms with E-state index < -0.39 is 41.7 Å². The zero-order valence-corrected chi connectivity index (χ0v) is 18.1. The lowest BCUT2D eigenvalue weighted by molar-refractivity contribution is -0.186. The van der Waals surface area contributed by atoms with Gasteiger partial charge in [-0.05, 0) is 12.1 Å². The number of esters is 3. The molecular weight excluding hydrogens is 436 g/mol. The Morgan fingerprint density at radius 2 is 1.80 bits per heavy atom. The summed E-state index contributed by atoms with van der Waals surface area (Å²) >= 11 is 7.16. The Bertz CT molecular complexity index is 950. The molecule has 0 saturated carbocycles. The Morgan fingerprint density at radius 3 is 2.43 bits per heavy atom. The van der Waals surface area contributed by atoms with Crippen LogP contribution in [0.1, 0.15) is 26.5 Å². The van der Waals surface area contributed by atoms with Gasteiger partial charge in [-0.15, -0.1) is 23.4 Å². The first-order valence-corrected chi connectivity index (χ1v) is 10.7. The van der Waals surface area contributed by atoms with Gasteiger partial charge >= 0.3 is 17.9 Å². The zero-order valence-electron chi connectivity index (χ0n) is 16.6. The van der Waals surface area contributed by atoms with Crippen LogP contribution in [-0.2, 0) is 34.5 Å². The molecule has 1 fully saturated rings. The van der Waals surface area contributed by atoms with Crippen LogP contribution in [0.4, 0.5) is 0 Å². The fourth-order valence-electron chi connectivity index (χ4n) is 3.13. The van der Waals surface area contributed by atoms with E-state index in [1.54, 1.807) is 28.9 Å². The molecule has 4 atom stereocenters. The van der Waals surface area contributed by atoms with Crippen LogP contribution >= 0.6 is 23.4 Å². The van der Waals surface area contributed by atoms with Crippen LogP contribution in [0.2, 0.25) is 0 Å². The summed E-state index contributed by atoms with van der Waals surface area (Å²) in [5.74, 6) is -0.746. The van der Waals surface area contributed by atoms with Gasteiger partial charge in [0.2, 0.25) is 0 Å². The molecule has 0 radical (unpaired) electrons. The average molecular weight is 457 g/mol. The van der Waals surface area contributed by atoms with Crippen molar-refractivity contribution in [2.75, 3.05) is 5.75 Å². The molecule has 0 amide bonds. The van der Waals surface area contributed by atoms with Gasteiger partial charge in [0.15, 0.2) is 35.1 Å². The van der Waals surface area contributed by atoms with E-state index in [0.29, 0.717) is 17.1 Å². The summed E-state index contributed by atoms with van der Waals surface area (Å²) in [5.41, 5.74) is 0.488. The predicted molar refractivity (Wildman–Crippen MR) is 108 cm³/mol. The van der Waals surface area contributed by atoms with Gasteiger partial charge < -0.3 is 23.3 Å². The highest BCUT2D eigenvalue weighted by atomic mass is 35.5. The van der Waals surface area contributed by atoms with Crippen LogP contribution in [0, 0.1) is 0 Å². The van der Waals surface area contributed by atoms with E-state index in [4.69, 9.17) is 30.5 Å². The maximum Gasteiger partial charge on any atom is 0.303 e. The molecule has 0 spiro atoms. The van der Waals surface area contributed by atoms with Crippen molar-refractivity contribution in [3.05, 3.63) is 30.2 Å². The highest BCUT2D eigenvalue weighted by molar-refractivity contribution is 7.99. The number of imidazole rings is 1. The number of hydrogen-bond acceptors (Lipinski definition) is 9. The number of carbonyl (C=O) groups excluding carboxylic acids is 3. The monoisotopic (exact) mass is 456 g/mol. The minimum absolute atomic E-state index is 0.244. The number of alkyl halides is 1. The van der Waals surface area contributed by atoms with Crippen molar-refractivity contribution in [1.82, 2.24) is 9.38 Å². The Hall–Kier alpha value is -2.46. The number of hydrogen-bond donors (Lipinski definition) is 0. The van der Waals surface area contributed by atoms with Crippen LogP contribution in [0.15, 0.2) is 24.5 Å². The number of carbonyl (C=O) groups is 3. The number of aromatic nitrogens is 2. The summed E-state index contributed by atoms with van der Waals surface area (Å²) in [4.78, 5) is 39.4. The topological polar surface area (TPSA) is 105 Å². The number of thioether (sulfide) groups is 1. The lowest BCUT2D eigenvalue weighted by atomic mass is 10.1.